The lowest BCUT2D eigenvalue weighted by atomic mass is 9.99. The zero-order valence-corrected chi connectivity index (χ0v) is 11.9. The number of carbonyl (C=O) groups is 1. The number of carbonyl (C=O) groups excluding carboxylic acids is 1. The Labute approximate surface area is 116 Å². The highest BCUT2D eigenvalue weighted by Crippen LogP contribution is 2.16. The maximum Gasteiger partial charge on any atom is 0.317 e. The minimum atomic E-state index is 0.0929. The van der Waals surface area contributed by atoms with Gasteiger partial charge in [0, 0.05) is 19.1 Å². The van der Waals surface area contributed by atoms with Crippen molar-refractivity contribution in [2.75, 3.05) is 13.1 Å². The number of hydrogen-bond acceptors (Lipinski definition) is 1. The molecule has 104 valence electrons. The van der Waals surface area contributed by atoms with Crippen LogP contribution in [0.3, 0.4) is 0 Å². The number of hydrogen-bond donors (Lipinski definition) is 1. The second-order valence-corrected chi connectivity index (χ2v) is 5.71. The summed E-state index contributed by atoms with van der Waals surface area (Å²) >= 11 is 0. The monoisotopic (exact) mass is 260 g/mol. The fraction of sp³-hybridized carbons (Fsp3) is 0.562. The Morgan fingerprint density at radius 3 is 2.58 bits per heavy atom. The van der Waals surface area contributed by atoms with Crippen LogP contribution in [-0.4, -0.2) is 30.1 Å². The number of urea groups is 1. The van der Waals surface area contributed by atoms with Crippen molar-refractivity contribution in [2.24, 2.45) is 5.92 Å². The summed E-state index contributed by atoms with van der Waals surface area (Å²) in [6, 6.07) is 10.6. The number of nitrogens with one attached hydrogen (secondary N) is 1. The predicted octanol–water partition coefficient (Wildman–Crippen LogP) is 3.06. The number of likely N-dealkylation sites (tertiary alicyclic amines) is 1. The molecule has 19 heavy (non-hydrogen) atoms. The van der Waals surface area contributed by atoms with E-state index in [1.54, 1.807) is 0 Å². The van der Waals surface area contributed by atoms with Crippen LogP contribution in [0.4, 0.5) is 4.79 Å². The van der Waals surface area contributed by atoms with Crippen molar-refractivity contribution in [3.05, 3.63) is 35.9 Å². The summed E-state index contributed by atoms with van der Waals surface area (Å²) in [5, 5.41) is 3.10. The van der Waals surface area contributed by atoms with Gasteiger partial charge in [0.2, 0.25) is 0 Å². The van der Waals surface area contributed by atoms with Crippen molar-refractivity contribution in [3.8, 4) is 0 Å². The van der Waals surface area contributed by atoms with Crippen LogP contribution in [0.1, 0.15) is 32.3 Å². The summed E-state index contributed by atoms with van der Waals surface area (Å²) in [6.07, 6.45) is 3.14. The smallest absolute Gasteiger partial charge is 0.317 e. The Morgan fingerprint density at radius 2 is 1.95 bits per heavy atom. The second-order valence-electron chi connectivity index (χ2n) is 5.71. The molecule has 0 aliphatic carbocycles. The Balaban J connectivity index is 1.78. The molecule has 1 heterocycles. The van der Waals surface area contributed by atoms with E-state index in [0.717, 1.165) is 38.3 Å². The summed E-state index contributed by atoms with van der Waals surface area (Å²) in [7, 11) is 0. The van der Waals surface area contributed by atoms with Gasteiger partial charge < -0.3 is 10.2 Å². The normalized spacial score (nSPS) is 18.1. The highest BCUT2D eigenvalue weighted by molar-refractivity contribution is 5.74. The van der Waals surface area contributed by atoms with Crippen molar-refractivity contribution in [2.45, 2.75) is 39.2 Å². The number of rotatable bonds is 3. The summed E-state index contributed by atoms with van der Waals surface area (Å²) < 4.78 is 0. The molecule has 3 nitrogen and oxygen atoms in total. The van der Waals surface area contributed by atoms with E-state index in [0.29, 0.717) is 0 Å². The number of piperidine rings is 1. The van der Waals surface area contributed by atoms with E-state index in [4.69, 9.17) is 0 Å². The third kappa shape index (κ3) is 4.27. The molecule has 1 unspecified atom stereocenters. The van der Waals surface area contributed by atoms with Gasteiger partial charge in [0.05, 0.1) is 0 Å². The van der Waals surface area contributed by atoms with Crippen molar-refractivity contribution in [3.63, 3.8) is 0 Å². The minimum absolute atomic E-state index is 0.0929. The third-order valence-corrected chi connectivity index (χ3v) is 3.83. The van der Waals surface area contributed by atoms with Crippen molar-refractivity contribution in [1.82, 2.24) is 10.2 Å². The van der Waals surface area contributed by atoms with Gasteiger partial charge in [0.1, 0.15) is 0 Å². The zero-order valence-electron chi connectivity index (χ0n) is 11.9. The third-order valence-electron chi connectivity index (χ3n) is 3.83. The van der Waals surface area contributed by atoms with Gasteiger partial charge in [-0.1, -0.05) is 37.3 Å². The lowest BCUT2D eigenvalue weighted by molar-refractivity contribution is 0.171. The molecule has 2 amide bonds. The average molecular weight is 260 g/mol. The first-order chi connectivity index (χ1) is 9.15. The van der Waals surface area contributed by atoms with E-state index in [2.05, 4.69) is 31.3 Å². The molecule has 1 aromatic rings. The van der Waals surface area contributed by atoms with E-state index < -0.39 is 0 Å². The summed E-state index contributed by atoms with van der Waals surface area (Å²) in [6.45, 7) is 6.11. The molecular weight excluding hydrogens is 236 g/mol. The Hall–Kier alpha value is -1.51. The van der Waals surface area contributed by atoms with Gasteiger partial charge in [-0.15, -0.1) is 0 Å². The van der Waals surface area contributed by atoms with Gasteiger partial charge in [-0.3, -0.25) is 0 Å². The van der Waals surface area contributed by atoms with Crippen LogP contribution >= 0.6 is 0 Å². The van der Waals surface area contributed by atoms with E-state index in [1.807, 2.05) is 23.1 Å². The highest BCUT2D eigenvalue weighted by atomic mass is 16.2. The number of benzene rings is 1. The molecule has 0 radical (unpaired) electrons. The molecule has 1 aliphatic heterocycles. The first-order valence-electron chi connectivity index (χ1n) is 7.24. The lowest BCUT2D eigenvalue weighted by Crippen LogP contribution is -2.47. The van der Waals surface area contributed by atoms with Crippen molar-refractivity contribution >= 4 is 6.03 Å². The van der Waals surface area contributed by atoms with Crippen LogP contribution in [-0.2, 0) is 6.42 Å². The Kier molecular flexibility index (Phi) is 4.83. The largest absolute Gasteiger partial charge is 0.335 e. The molecule has 1 aromatic carbocycles. The molecule has 1 fully saturated rings. The SMILES string of the molecule is CC1CCN(C(=O)NC(C)Cc2ccccc2)CC1. The van der Waals surface area contributed by atoms with Gasteiger partial charge in [0.15, 0.2) is 0 Å². The fourth-order valence-corrected chi connectivity index (χ4v) is 2.53. The molecule has 1 saturated heterocycles. The van der Waals surface area contributed by atoms with Crippen LogP contribution in [0.15, 0.2) is 30.3 Å². The van der Waals surface area contributed by atoms with Crippen LogP contribution in [0.25, 0.3) is 0 Å². The van der Waals surface area contributed by atoms with Crippen LogP contribution in [0.2, 0.25) is 0 Å². The predicted molar refractivity (Wildman–Crippen MR) is 78.1 cm³/mol. The van der Waals surface area contributed by atoms with Crippen molar-refractivity contribution in [1.29, 1.82) is 0 Å². The summed E-state index contributed by atoms with van der Waals surface area (Å²) in [5.41, 5.74) is 1.27. The molecule has 2 rings (SSSR count). The second kappa shape index (κ2) is 6.60. The zero-order chi connectivity index (χ0) is 13.7. The molecule has 1 atom stereocenters. The van der Waals surface area contributed by atoms with E-state index in [9.17, 15) is 4.79 Å². The molecule has 0 saturated carbocycles. The molecule has 0 aromatic heterocycles. The highest BCUT2D eigenvalue weighted by Gasteiger charge is 2.21. The van der Waals surface area contributed by atoms with Crippen molar-refractivity contribution < 1.29 is 4.79 Å². The molecule has 0 bridgehead atoms. The van der Waals surface area contributed by atoms with Gasteiger partial charge in [-0.05, 0) is 37.7 Å². The molecule has 1 N–H and O–H groups in total. The molecule has 1 aliphatic rings. The molecule has 3 heteroatoms. The lowest BCUT2D eigenvalue weighted by Gasteiger charge is -2.31. The first kappa shape index (κ1) is 13.9. The Bertz CT molecular complexity index is 396. The van der Waals surface area contributed by atoms with Crippen LogP contribution in [0.5, 0.6) is 0 Å². The fourth-order valence-electron chi connectivity index (χ4n) is 2.53. The van der Waals surface area contributed by atoms with Gasteiger partial charge in [0.25, 0.3) is 0 Å². The maximum absolute atomic E-state index is 12.1. The quantitative estimate of drug-likeness (QED) is 0.890. The van der Waals surface area contributed by atoms with Gasteiger partial charge in [-0.2, -0.15) is 0 Å². The first-order valence-corrected chi connectivity index (χ1v) is 7.24. The maximum atomic E-state index is 12.1. The van der Waals surface area contributed by atoms with E-state index >= 15 is 0 Å². The Morgan fingerprint density at radius 1 is 1.32 bits per heavy atom. The van der Waals surface area contributed by atoms with Gasteiger partial charge in [-0.25, -0.2) is 4.79 Å². The van der Waals surface area contributed by atoms with Crippen LogP contribution in [0, 0.1) is 5.92 Å². The topological polar surface area (TPSA) is 32.3 Å². The summed E-state index contributed by atoms with van der Waals surface area (Å²) in [4.78, 5) is 14.1. The minimum Gasteiger partial charge on any atom is -0.335 e. The van der Waals surface area contributed by atoms with Crippen LogP contribution < -0.4 is 5.32 Å². The van der Waals surface area contributed by atoms with E-state index in [-0.39, 0.29) is 12.1 Å². The van der Waals surface area contributed by atoms with Gasteiger partial charge >= 0.3 is 6.03 Å². The standard InChI is InChI=1S/C16H24N2O/c1-13-8-10-18(11-9-13)16(19)17-14(2)12-15-6-4-3-5-7-15/h3-7,13-14H,8-12H2,1-2H3,(H,17,19). The average Bonchev–Trinajstić information content (AvgIpc) is 2.40. The number of amides is 2. The molecular formula is C16H24N2O. The summed E-state index contributed by atoms with van der Waals surface area (Å²) in [5.74, 6) is 0.755. The molecule has 0 spiro atoms. The van der Waals surface area contributed by atoms with E-state index in [1.165, 1.54) is 5.56 Å². The number of nitrogens with zero attached hydrogens (tertiary/aromatic N) is 1.